The highest BCUT2D eigenvalue weighted by atomic mass is 16.5. The second-order valence-corrected chi connectivity index (χ2v) is 7.08. The summed E-state index contributed by atoms with van der Waals surface area (Å²) in [6, 6.07) is 7.84. The maximum absolute atomic E-state index is 12.6. The van der Waals surface area contributed by atoms with E-state index in [0.29, 0.717) is 18.9 Å². The predicted molar refractivity (Wildman–Crippen MR) is 102 cm³/mol. The van der Waals surface area contributed by atoms with Gasteiger partial charge in [0.2, 0.25) is 5.82 Å². The third-order valence-electron chi connectivity index (χ3n) is 4.66. The highest BCUT2D eigenvalue weighted by Gasteiger charge is 2.20. The number of hydrogen-bond acceptors (Lipinski definition) is 6. The molecule has 28 heavy (non-hydrogen) atoms. The van der Waals surface area contributed by atoms with E-state index in [1.165, 1.54) is 0 Å². The van der Waals surface area contributed by atoms with Crippen molar-refractivity contribution in [2.45, 2.75) is 39.8 Å². The van der Waals surface area contributed by atoms with E-state index in [4.69, 9.17) is 9.47 Å². The maximum Gasteiger partial charge on any atom is 0.291 e. The van der Waals surface area contributed by atoms with Crippen LogP contribution in [0.2, 0.25) is 0 Å². The van der Waals surface area contributed by atoms with Gasteiger partial charge in [0.05, 0.1) is 13.2 Å². The zero-order chi connectivity index (χ0) is 19.7. The highest BCUT2D eigenvalue weighted by Crippen LogP contribution is 2.24. The van der Waals surface area contributed by atoms with E-state index in [0.717, 1.165) is 41.3 Å². The molecule has 0 saturated carbocycles. The Morgan fingerprint density at radius 3 is 2.93 bits per heavy atom. The van der Waals surface area contributed by atoms with E-state index in [2.05, 4.69) is 20.4 Å². The molecule has 1 amide bonds. The lowest BCUT2D eigenvalue weighted by Gasteiger charge is -2.16. The fraction of sp³-hybridized carbons (Fsp3) is 0.400. The molecule has 1 aliphatic heterocycles. The van der Waals surface area contributed by atoms with Gasteiger partial charge in [0, 0.05) is 29.9 Å². The van der Waals surface area contributed by atoms with Gasteiger partial charge in [-0.3, -0.25) is 4.79 Å². The normalized spacial score (nSPS) is 16.5. The van der Waals surface area contributed by atoms with Gasteiger partial charge < -0.3 is 14.8 Å². The number of benzene rings is 1. The lowest BCUT2D eigenvalue weighted by molar-refractivity contribution is 0.0940. The van der Waals surface area contributed by atoms with Crippen LogP contribution in [-0.2, 0) is 11.3 Å². The largest absolute Gasteiger partial charge is 0.488 e. The summed E-state index contributed by atoms with van der Waals surface area (Å²) in [6.07, 6.45) is 0.921. The quantitative estimate of drug-likeness (QED) is 0.728. The van der Waals surface area contributed by atoms with Gasteiger partial charge in [0.25, 0.3) is 11.7 Å². The first-order valence-electron chi connectivity index (χ1n) is 9.33. The molecule has 1 aliphatic rings. The molecule has 0 spiro atoms. The van der Waals surface area contributed by atoms with Crippen LogP contribution in [0.1, 0.15) is 39.6 Å². The molecule has 1 atom stereocenters. The lowest BCUT2D eigenvalue weighted by atomic mass is 10.1. The Labute approximate surface area is 162 Å². The molecule has 4 rings (SSSR count). The van der Waals surface area contributed by atoms with E-state index in [1.54, 1.807) is 4.52 Å². The van der Waals surface area contributed by atoms with Crippen LogP contribution in [0.3, 0.4) is 0 Å². The van der Waals surface area contributed by atoms with Gasteiger partial charge in [-0.1, -0.05) is 12.1 Å². The minimum atomic E-state index is -0.349. The average Bonchev–Trinajstić information content (AvgIpc) is 3.30. The molecule has 0 radical (unpaired) electrons. The van der Waals surface area contributed by atoms with Crippen molar-refractivity contribution in [3.8, 4) is 5.75 Å². The molecule has 1 fully saturated rings. The number of amides is 1. The maximum atomic E-state index is 12.6. The number of fused-ring (bicyclic) bond motifs is 1. The summed E-state index contributed by atoms with van der Waals surface area (Å²) in [5, 5.41) is 7.15. The number of aromatic nitrogens is 4. The Kier molecular flexibility index (Phi) is 4.95. The van der Waals surface area contributed by atoms with Crippen molar-refractivity contribution in [1.82, 2.24) is 24.9 Å². The minimum absolute atomic E-state index is 0.0497. The van der Waals surface area contributed by atoms with Crippen molar-refractivity contribution >= 4 is 11.7 Å². The zero-order valence-electron chi connectivity index (χ0n) is 16.2. The van der Waals surface area contributed by atoms with E-state index >= 15 is 0 Å². The van der Waals surface area contributed by atoms with Gasteiger partial charge in [-0.25, -0.2) is 9.50 Å². The minimum Gasteiger partial charge on any atom is -0.488 e. The molecule has 2 aromatic heterocycles. The van der Waals surface area contributed by atoms with Crippen LogP contribution < -0.4 is 10.1 Å². The van der Waals surface area contributed by atoms with Crippen LogP contribution in [0.5, 0.6) is 5.75 Å². The molecule has 3 aromatic rings. The first-order chi connectivity index (χ1) is 13.5. The predicted octanol–water partition coefficient (Wildman–Crippen LogP) is 2.15. The number of carbonyl (C=O) groups is 1. The van der Waals surface area contributed by atoms with Gasteiger partial charge in [-0.15, -0.1) is 5.10 Å². The highest BCUT2D eigenvalue weighted by molar-refractivity contribution is 5.90. The Morgan fingerprint density at radius 1 is 1.29 bits per heavy atom. The summed E-state index contributed by atoms with van der Waals surface area (Å²) in [7, 11) is 0. The molecule has 1 unspecified atom stereocenters. The number of carbonyl (C=O) groups excluding carboxylic acids is 1. The number of nitrogens with one attached hydrogen (secondary N) is 1. The summed E-state index contributed by atoms with van der Waals surface area (Å²) < 4.78 is 13.0. The van der Waals surface area contributed by atoms with Gasteiger partial charge in [0.1, 0.15) is 11.9 Å². The molecule has 146 valence electrons. The van der Waals surface area contributed by atoms with E-state index < -0.39 is 0 Å². The molecule has 1 N–H and O–H groups in total. The van der Waals surface area contributed by atoms with Crippen molar-refractivity contribution in [1.29, 1.82) is 0 Å². The molecule has 0 aliphatic carbocycles. The van der Waals surface area contributed by atoms with Crippen LogP contribution in [0.25, 0.3) is 5.78 Å². The Hall–Kier alpha value is -3.00. The summed E-state index contributed by atoms with van der Waals surface area (Å²) in [6.45, 7) is 7.43. The van der Waals surface area contributed by atoms with E-state index in [-0.39, 0.29) is 17.8 Å². The average molecular weight is 381 g/mol. The Morgan fingerprint density at radius 2 is 2.14 bits per heavy atom. The number of nitrogens with zero attached hydrogens (tertiary/aromatic N) is 4. The van der Waals surface area contributed by atoms with Crippen LogP contribution in [0, 0.1) is 20.8 Å². The van der Waals surface area contributed by atoms with Gasteiger partial charge in [0.15, 0.2) is 0 Å². The van der Waals surface area contributed by atoms with E-state index in [1.807, 2.05) is 45.0 Å². The summed E-state index contributed by atoms with van der Waals surface area (Å²) in [5.74, 6) is 0.938. The third kappa shape index (κ3) is 3.82. The summed E-state index contributed by atoms with van der Waals surface area (Å²) >= 11 is 0. The lowest BCUT2D eigenvalue weighted by Crippen LogP contribution is -2.25. The SMILES string of the molecule is Cc1ccc(CNC(=O)c2nc3nc(C)cc(C)n3n2)c(OC2CCOC2)c1. The molecular formula is C20H23N5O3. The van der Waals surface area contributed by atoms with Crippen LogP contribution in [0.15, 0.2) is 24.3 Å². The molecule has 1 saturated heterocycles. The van der Waals surface area contributed by atoms with Crippen molar-refractivity contribution in [2.75, 3.05) is 13.2 Å². The second kappa shape index (κ2) is 7.55. The van der Waals surface area contributed by atoms with Crippen molar-refractivity contribution in [3.05, 3.63) is 52.6 Å². The topological polar surface area (TPSA) is 90.6 Å². The van der Waals surface area contributed by atoms with Gasteiger partial charge >= 0.3 is 0 Å². The van der Waals surface area contributed by atoms with Crippen LogP contribution in [0.4, 0.5) is 0 Å². The Balaban J connectivity index is 1.49. The number of aryl methyl sites for hydroxylation is 3. The molecular weight excluding hydrogens is 358 g/mol. The number of hydrogen-bond donors (Lipinski definition) is 1. The summed E-state index contributed by atoms with van der Waals surface area (Å²) in [4.78, 5) is 21.1. The number of rotatable bonds is 5. The van der Waals surface area contributed by atoms with E-state index in [9.17, 15) is 4.79 Å². The fourth-order valence-corrected chi connectivity index (χ4v) is 3.22. The molecule has 1 aromatic carbocycles. The zero-order valence-corrected chi connectivity index (χ0v) is 16.2. The monoisotopic (exact) mass is 381 g/mol. The Bertz CT molecular complexity index is 1020. The standard InChI is InChI=1S/C20H23N5O3/c1-12-4-5-15(17(8-12)28-16-6-7-27-11-16)10-21-19(26)18-23-20-22-13(2)9-14(3)25(20)24-18/h4-5,8-9,16H,6-7,10-11H2,1-3H3,(H,21,26). The number of ether oxygens (including phenoxy) is 2. The van der Waals surface area contributed by atoms with Crippen molar-refractivity contribution in [2.24, 2.45) is 0 Å². The van der Waals surface area contributed by atoms with Gasteiger partial charge in [-0.2, -0.15) is 4.98 Å². The first-order valence-corrected chi connectivity index (χ1v) is 9.33. The van der Waals surface area contributed by atoms with Crippen LogP contribution in [-0.4, -0.2) is 44.8 Å². The van der Waals surface area contributed by atoms with Crippen molar-refractivity contribution in [3.63, 3.8) is 0 Å². The molecule has 8 nitrogen and oxygen atoms in total. The molecule has 0 bridgehead atoms. The van der Waals surface area contributed by atoms with Crippen molar-refractivity contribution < 1.29 is 14.3 Å². The van der Waals surface area contributed by atoms with Crippen LogP contribution >= 0.6 is 0 Å². The smallest absolute Gasteiger partial charge is 0.291 e. The first kappa shape index (κ1) is 18.4. The van der Waals surface area contributed by atoms with Gasteiger partial charge in [-0.05, 0) is 38.5 Å². The summed E-state index contributed by atoms with van der Waals surface area (Å²) in [5.41, 5.74) is 3.71. The fourth-order valence-electron chi connectivity index (χ4n) is 3.22. The second-order valence-electron chi connectivity index (χ2n) is 7.08. The molecule has 8 heteroatoms. The third-order valence-corrected chi connectivity index (χ3v) is 4.66. The molecule has 3 heterocycles.